The highest BCUT2D eigenvalue weighted by Crippen LogP contribution is 2.64. The van der Waals surface area contributed by atoms with Crippen molar-refractivity contribution >= 4 is 16.6 Å². The topological polar surface area (TPSA) is 38.7 Å². The normalized spacial score (nSPS) is 39.2. The first-order chi connectivity index (χ1) is 17.2. The Morgan fingerprint density at radius 3 is 1.82 bits per heavy atom. The van der Waals surface area contributed by atoms with E-state index in [9.17, 15) is 5.11 Å². The summed E-state index contributed by atoms with van der Waals surface area (Å²) in [6, 6.07) is 0. The molecule has 0 aromatic rings. The minimum atomic E-state index is -1.86. The van der Waals surface area contributed by atoms with Crippen LogP contribution in [0.2, 0.25) is 36.3 Å². The fourth-order valence-corrected chi connectivity index (χ4v) is 10.0. The first-order valence-corrected chi connectivity index (χ1v) is 21.6. The number of aliphatic hydroxyl groups is 1. The predicted octanol–water partition coefficient (Wildman–Crippen LogP) is 9.44. The van der Waals surface area contributed by atoms with Gasteiger partial charge in [-0.1, -0.05) is 61.5 Å². The van der Waals surface area contributed by atoms with Gasteiger partial charge in [-0.2, -0.15) is 0 Å². The van der Waals surface area contributed by atoms with Crippen LogP contribution in [-0.2, 0) is 8.85 Å². The molecule has 3 nitrogen and oxygen atoms in total. The molecule has 3 unspecified atom stereocenters. The molecule has 0 aromatic heterocycles. The van der Waals surface area contributed by atoms with Crippen molar-refractivity contribution in [2.45, 2.75) is 143 Å². The van der Waals surface area contributed by atoms with Gasteiger partial charge in [-0.25, -0.2) is 0 Å². The summed E-state index contributed by atoms with van der Waals surface area (Å²) in [7, 11) is -3.71. The summed E-state index contributed by atoms with van der Waals surface area (Å²) in [5.74, 6) is 2.92. The number of hydrogen-bond donors (Lipinski definition) is 1. The van der Waals surface area contributed by atoms with Crippen molar-refractivity contribution in [2.75, 3.05) is 13.2 Å². The van der Waals surface area contributed by atoms with E-state index in [2.05, 4.69) is 94.2 Å². The molecule has 3 fully saturated rings. The molecule has 38 heavy (non-hydrogen) atoms. The van der Waals surface area contributed by atoms with Gasteiger partial charge in [0.2, 0.25) is 0 Å². The maximum atomic E-state index is 10.8. The van der Waals surface area contributed by atoms with E-state index in [1.54, 1.807) is 0 Å². The van der Waals surface area contributed by atoms with E-state index in [1.807, 2.05) is 0 Å². The molecule has 3 saturated carbocycles. The molecule has 0 radical (unpaired) electrons. The van der Waals surface area contributed by atoms with Crippen LogP contribution in [0.25, 0.3) is 0 Å². The fourth-order valence-electron chi connectivity index (χ4n) is 7.96. The van der Waals surface area contributed by atoms with Gasteiger partial charge in [0.25, 0.3) is 0 Å². The number of aliphatic hydroxyl groups excluding tert-OH is 1. The van der Waals surface area contributed by atoms with E-state index in [4.69, 9.17) is 8.85 Å². The first kappa shape index (κ1) is 32.6. The van der Waals surface area contributed by atoms with Gasteiger partial charge in [0.1, 0.15) is 0 Å². The monoisotopic (exact) mass is 564 g/mol. The van der Waals surface area contributed by atoms with Gasteiger partial charge in [-0.05, 0) is 122 Å². The van der Waals surface area contributed by atoms with E-state index >= 15 is 0 Å². The number of fused-ring (bicyclic) bond motifs is 1. The Hall–Kier alpha value is 0.0538. The van der Waals surface area contributed by atoms with Crippen molar-refractivity contribution < 1.29 is 14.0 Å². The van der Waals surface area contributed by atoms with Gasteiger partial charge in [0.15, 0.2) is 16.6 Å². The highest BCUT2D eigenvalue weighted by molar-refractivity contribution is 6.74. The van der Waals surface area contributed by atoms with Crippen LogP contribution >= 0.6 is 0 Å². The van der Waals surface area contributed by atoms with Gasteiger partial charge < -0.3 is 14.0 Å². The van der Waals surface area contributed by atoms with Crippen LogP contribution in [-0.4, -0.2) is 41.1 Å². The Bertz CT molecular complexity index is 825. The smallest absolute Gasteiger partial charge is 0.191 e. The maximum absolute atomic E-state index is 10.8. The second-order valence-electron chi connectivity index (χ2n) is 17.1. The SMILES string of the molecule is C=CC1CCC2[C@H](CO[Si](C)(C)C(C)(C)C)C([C@@]3(C)CC[C@H](O)C[C@@H]3CO[Si](C)(C)C(C)(C)C)CC[C@]12C. The molecule has 222 valence electrons. The number of allylic oxidation sites excluding steroid dienone is 1. The first-order valence-electron chi connectivity index (χ1n) is 15.8. The van der Waals surface area contributed by atoms with Gasteiger partial charge >= 0.3 is 0 Å². The molecule has 8 atom stereocenters. The summed E-state index contributed by atoms with van der Waals surface area (Å²) in [4.78, 5) is 0. The summed E-state index contributed by atoms with van der Waals surface area (Å²) >= 11 is 0. The average Bonchev–Trinajstić information content (AvgIpc) is 3.13. The molecular weight excluding hydrogens is 501 g/mol. The predicted molar refractivity (Wildman–Crippen MR) is 168 cm³/mol. The molecule has 3 aliphatic rings. The third-order valence-corrected chi connectivity index (χ3v) is 22.0. The Morgan fingerprint density at radius 1 is 0.789 bits per heavy atom. The second-order valence-corrected chi connectivity index (χ2v) is 26.7. The zero-order valence-electron chi connectivity index (χ0n) is 27.4. The van der Waals surface area contributed by atoms with Crippen LogP contribution in [0.3, 0.4) is 0 Å². The summed E-state index contributed by atoms with van der Waals surface area (Å²) in [6.07, 6.45) is 10.1. The zero-order valence-corrected chi connectivity index (χ0v) is 29.4. The minimum absolute atomic E-state index is 0.177. The molecular formula is C33H64O3Si2. The summed E-state index contributed by atoms with van der Waals surface area (Å²) in [6.45, 7) is 34.8. The lowest BCUT2D eigenvalue weighted by atomic mass is 9.49. The molecule has 3 aliphatic carbocycles. The van der Waals surface area contributed by atoms with E-state index in [-0.39, 0.29) is 21.6 Å². The zero-order chi connectivity index (χ0) is 28.9. The minimum Gasteiger partial charge on any atom is -0.417 e. The summed E-state index contributed by atoms with van der Waals surface area (Å²) in [5, 5.41) is 11.3. The molecule has 0 heterocycles. The molecule has 0 aliphatic heterocycles. The molecule has 5 heteroatoms. The Morgan fingerprint density at radius 2 is 1.29 bits per heavy atom. The maximum Gasteiger partial charge on any atom is 0.191 e. The van der Waals surface area contributed by atoms with E-state index < -0.39 is 16.6 Å². The van der Waals surface area contributed by atoms with Crippen molar-refractivity contribution in [2.24, 2.45) is 40.4 Å². The van der Waals surface area contributed by atoms with Crippen molar-refractivity contribution in [1.82, 2.24) is 0 Å². The van der Waals surface area contributed by atoms with Crippen molar-refractivity contribution in [1.29, 1.82) is 0 Å². The van der Waals surface area contributed by atoms with Gasteiger partial charge in [0, 0.05) is 13.2 Å². The van der Waals surface area contributed by atoms with Gasteiger partial charge in [0.05, 0.1) is 6.10 Å². The molecule has 0 saturated heterocycles. The van der Waals surface area contributed by atoms with Crippen molar-refractivity contribution in [3.05, 3.63) is 12.7 Å². The van der Waals surface area contributed by atoms with E-state index in [0.717, 1.165) is 32.5 Å². The standard InChI is InChI=1S/C33H64O3Si2/c1-14-24-15-16-28-27(23-36-38(12,13)31(5,6)7)29(18-20-32(24,28)8)33(9)19-17-26(34)21-25(33)22-35-37(10,11)30(2,3)4/h14,24-29,34H,1,15-23H2,2-13H3/t24?,25-,26+,27+,28?,29?,32-,33+/m1/s1. The molecule has 0 bridgehead atoms. The Labute approximate surface area is 239 Å². The van der Waals surface area contributed by atoms with Crippen LogP contribution in [0.15, 0.2) is 12.7 Å². The summed E-state index contributed by atoms with van der Waals surface area (Å²) in [5.41, 5.74) is 0.522. The van der Waals surface area contributed by atoms with Crippen LogP contribution in [0, 0.1) is 40.4 Å². The van der Waals surface area contributed by atoms with Crippen LogP contribution in [0.1, 0.15) is 100 Å². The highest BCUT2D eigenvalue weighted by atomic mass is 28.4. The van der Waals surface area contributed by atoms with Crippen molar-refractivity contribution in [3.63, 3.8) is 0 Å². The Balaban J connectivity index is 1.95. The van der Waals surface area contributed by atoms with Crippen LogP contribution in [0.4, 0.5) is 0 Å². The lowest BCUT2D eigenvalue weighted by Gasteiger charge is -2.58. The Kier molecular flexibility index (Phi) is 9.46. The third-order valence-electron chi connectivity index (χ3n) is 13.0. The van der Waals surface area contributed by atoms with Crippen LogP contribution < -0.4 is 0 Å². The number of hydrogen-bond acceptors (Lipinski definition) is 3. The quantitative estimate of drug-likeness (QED) is 0.236. The lowest BCUT2D eigenvalue weighted by molar-refractivity contribution is -0.110. The molecule has 0 aromatic carbocycles. The van der Waals surface area contributed by atoms with Gasteiger partial charge in [-0.3, -0.25) is 0 Å². The molecule has 0 amide bonds. The van der Waals surface area contributed by atoms with Crippen molar-refractivity contribution in [3.8, 4) is 0 Å². The lowest BCUT2D eigenvalue weighted by Crippen LogP contribution is -2.54. The summed E-state index contributed by atoms with van der Waals surface area (Å²) < 4.78 is 14.0. The van der Waals surface area contributed by atoms with E-state index in [1.165, 1.54) is 25.7 Å². The fraction of sp³-hybridized carbons (Fsp3) is 0.939. The highest BCUT2D eigenvalue weighted by Gasteiger charge is 2.58. The molecule has 1 N–H and O–H groups in total. The molecule has 0 spiro atoms. The van der Waals surface area contributed by atoms with Gasteiger partial charge in [-0.15, -0.1) is 6.58 Å². The number of rotatable bonds is 8. The van der Waals surface area contributed by atoms with Crippen LogP contribution in [0.5, 0.6) is 0 Å². The van der Waals surface area contributed by atoms with E-state index in [0.29, 0.717) is 35.0 Å². The second kappa shape index (κ2) is 11.0. The third kappa shape index (κ3) is 6.12. The molecule has 3 rings (SSSR count). The average molecular weight is 565 g/mol. The largest absolute Gasteiger partial charge is 0.417 e.